The van der Waals surface area contributed by atoms with Gasteiger partial charge in [-0.25, -0.2) is 9.07 Å². The highest BCUT2D eigenvalue weighted by Crippen LogP contribution is 2.27. The minimum Gasteiger partial charge on any atom is -0.325 e. The summed E-state index contributed by atoms with van der Waals surface area (Å²) in [5, 5.41) is 8.99. The predicted molar refractivity (Wildman–Crippen MR) is 84.4 cm³/mol. The first-order valence-electron chi connectivity index (χ1n) is 6.77. The molecule has 0 unspecified atom stereocenters. The van der Waals surface area contributed by atoms with E-state index in [1.165, 1.54) is 12.1 Å². The summed E-state index contributed by atoms with van der Waals surface area (Å²) in [5.74, 6) is -0.292. The number of hydrogen-bond acceptors (Lipinski definition) is 3. The summed E-state index contributed by atoms with van der Waals surface area (Å²) >= 11 is 6.00. The maximum Gasteiger partial charge on any atom is 0.123 e. The molecule has 0 bridgehead atoms. The fourth-order valence-electron chi connectivity index (χ4n) is 2.37. The molecule has 0 saturated carbocycles. The lowest BCUT2D eigenvalue weighted by Crippen LogP contribution is -2.04. The largest absolute Gasteiger partial charge is 0.325 e. The summed E-state index contributed by atoms with van der Waals surface area (Å²) < 4.78 is 14.9. The number of rotatable bonds is 3. The Balaban J connectivity index is 2.21. The number of benzene rings is 2. The molecule has 0 atom stereocenters. The fourth-order valence-corrected chi connectivity index (χ4v) is 2.60. The van der Waals surface area contributed by atoms with Gasteiger partial charge < -0.3 is 5.73 Å². The lowest BCUT2D eigenvalue weighted by Gasteiger charge is -2.11. The number of aryl methyl sites for hydroxylation is 1. The molecule has 0 fully saturated rings. The van der Waals surface area contributed by atoms with Gasteiger partial charge in [0, 0.05) is 17.1 Å². The first kappa shape index (κ1) is 14.7. The predicted octanol–water partition coefficient (Wildman–Crippen LogP) is 3.49. The first-order valence-corrected chi connectivity index (χ1v) is 7.15. The Bertz CT molecular complexity index is 812. The van der Waals surface area contributed by atoms with E-state index in [1.807, 2.05) is 19.1 Å². The Kier molecular flexibility index (Phi) is 3.92. The molecule has 2 aromatic carbocycles. The van der Waals surface area contributed by atoms with Crippen LogP contribution in [0, 0.1) is 12.7 Å². The zero-order chi connectivity index (χ0) is 15.7. The summed E-state index contributed by atoms with van der Waals surface area (Å²) in [4.78, 5) is 0. The molecular formula is C16H14ClFN4. The Morgan fingerprint density at radius 3 is 2.55 bits per heavy atom. The van der Waals surface area contributed by atoms with Crippen LogP contribution in [0.1, 0.15) is 11.3 Å². The lowest BCUT2D eigenvalue weighted by molar-refractivity contribution is 0.628. The topological polar surface area (TPSA) is 56.7 Å². The van der Waals surface area contributed by atoms with Crippen LogP contribution < -0.4 is 5.73 Å². The maximum atomic E-state index is 13.2. The highest BCUT2D eigenvalue weighted by molar-refractivity contribution is 6.30. The zero-order valence-electron chi connectivity index (χ0n) is 11.9. The number of hydrogen-bond donors (Lipinski definition) is 1. The van der Waals surface area contributed by atoms with E-state index in [4.69, 9.17) is 17.3 Å². The Morgan fingerprint density at radius 1 is 1.18 bits per heavy atom. The van der Waals surface area contributed by atoms with Crippen molar-refractivity contribution in [1.29, 1.82) is 0 Å². The van der Waals surface area contributed by atoms with E-state index in [-0.39, 0.29) is 12.4 Å². The molecule has 0 aliphatic rings. The van der Waals surface area contributed by atoms with Gasteiger partial charge in [0.2, 0.25) is 0 Å². The number of aromatic nitrogens is 3. The van der Waals surface area contributed by atoms with Crippen LogP contribution in [0.4, 0.5) is 4.39 Å². The molecule has 0 aliphatic carbocycles. The van der Waals surface area contributed by atoms with E-state index in [2.05, 4.69) is 10.3 Å². The van der Waals surface area contributed by atoms with Crippen LogP contribution in [0.15, 0.2) is 42.5 Å². The van der Waals surface area contributed by atoms with Crippen LogP contribution in [-0.4, -0.2) is 15.0 Å². The van der Waals surface area contributed by atoms with Gasteiger partial charge in [-0.1, -0.05) is 16.8 Å². The summed E-state index contributed by atoms with van der Waals surface area (Å²) in [7, 11) is 0. The molecule has 0 radical (unpaired) electrons. The van der Waals surface area contributed by atoms with Crippen molar-refractivity contribution in [3.8, 4) is 16.9 Å². The molecule has 22 heavy (non-hydrogen) atoms. The highest BCUT2D eigenvalue weighted by atomic mass is 35.5. The molecule has 3 aromatic rings. The van der Waals surface area contributed by atoms with E-state index >= 15 is 0 Å². The molecule has 0 saturated heterocycles. The average Bonchev–Trinajstić information content (AvgIpc) is 2.92. The normalized spacial score (nSPS) is 10.9. The van der Waals surface area contributed by atoms with Gasteiger partial charge in [-0.2, -0.15) is 0 Å². The van der Waals surface area contributed by atoms with E-state index in [0.717, 1.165) is 22.5 Å². The lowest BCUT2D eigenvalue weighted by atomic mass is 10.1. The van der Waals surface area contributed by atoms with Crippen LogP contribution in [0.3, 0.4) is 0 Å². The van der Waals surface area contributed by atoms with E-state index < -0.39 is 0 Å². The minimum absolute atomic E-state index is 0.249. The van der Waals surface area contributed by atoms with E-state index in [0.29, 0.717) is 10.7 Å². The SMILES string of the molecule is Cc1cc(Cl)ccc1-n1nnc(CN)c1-c1ccc(F)cc1. The monoisotopic (exact) mass is 316 g/mol. The van der Waals surface area contributed by atoms with Gasteiger partial charge in [-0.15, -0.1) is 5.10 Å². The van der Waals surface area contributed by atoms with Gasteiger partial charge in [0.1, 0.15) is 11.5 Å². The molecule has 2 N–H and O–H groups in total. The van der Waals surface area contributed by atoms with Crippen LogP contribution in [0.2, 0.25) is 5.02 Å². The van der Waals surface area contributed by atoms with Crippen molar-refractivity contribution in [2.75, 3.05) is 0 Å². The van der Waals surface area contributed by atoms with Crippen LogP contribution in [0.5, 0.6) is 0 Å². The van der Waals surface area contributed by atoms with Crippen molar-refractivity contribution in [2.24, 2.45) is 5.73 Å². The van der Waals surface area contributed by atoms with Gasteiger partial charge in [-0.3, -0.25) is 0 Å². The van der Waals surface area contributed by atoms with Gasteiger partial charge in [0.15, 0.2) is 0 Å². The average molecular weight is 317 g/mol. The van der Waals surface area contributed by atoms with Crippen molar-refractivity contribution in [1.82, 2.24) is 15.0 Å². The van der Waals surface area contributed by atoms with E-state index in [9.17, 15) is 4.39 Å². The summed E-state index contributed by atoms with van der Waals surface area (Å²) in [5.41, 5.74) is 9.80. The first-order chi connectivity index (χ1) is 10.6. The standard InChI is InChI=1S/C16H14ClFN4/c1-10-8-12(17)4-7-15(10)22-16(14(9-19)20-21-22)11-2-5-13(18)6-3-11/h2-8H,9,19H2,1H3. The Labute approximate surface area is 132 Å². The summed E-state index contributed by atoms with van der Waals surface area (Å²) in [6.07, 6.45) is 0. The van der Waals surface area contributed by atoms with Crippen LogP contribution in [-0.2, 0) is 6.54 Å². The second kappa shape index (κ2) is 5.87. The minimum atomic E-state index is -0.292. The van der Waals surface area contributed by atoms with Crippen molar-refractivity contribution in [3.63, 3.8) is 0 Å². The number of nitrogens with zero attached hydrogens (tertiary/aromatic N) is 3. The molecule has 6 heteroatoms. The molecular weight excluding hydrogens is 303 g/mol. The molecule has 4 nitrogen and oxygen atoms in total. The molecule has 3 rings (SSSR count). The molecule has 0 aliphatic heterocycles. The van der Waals surface area contributed by atoms with Gasteiger partial charge in [0.05, 0.1) is 11.4 Å². The molecule has 0 spiro atoms. The fraction of sp³-hybridized carbons (Fsp3) is 0.125. The summed E-state index contributed by atoms with van der Waals surface area (Å²) in [6.45, 7) is 2.19. The Hall–Kier alpha value is -2.24. The van der Waals surface area contributed by atoms with Gasteiger partial charge >= 0.3 is 0 Å². The highest BCUT2D eigenvalue weighted by Gasteiger charge is 2.16. The van der Waals surface area contributed by atoms with Crippen molar-refractivity contribution in [2.45, 2.75) is 13.5 Å². The third kappa shape index (κ3) is 2.61. The van der Waals surface area contributed by atoms with Crippen molar-refractivity contribution >= 4 is 11.6 Å². The molecule has 1 heterocycles. The third-order valence-electron chi connectivity index (χ3n) is 3.44. The van der Waals surface area contributed by atoms with E-state index in [1.54, 1.807) is 22.9 Å². The third-order valence-corrected chi connectivity index (χ3v) is 3.67. The van der Waals surface area contributed by atoms with Gasteiger partial charge in [-0.05, 0) is 55.0 Å². The maximum absolute atomic E-state index is 13.2. The Morgan fingerprint density at radius 2 is 1.91 bits per heavy atom. The number of nitrogens with two attached hydrogens (primary N) is 1. The van der Waals surface area contributed by atoms with Crippen LogP contribution in [0.25, 0.3) is 16.9 Å². The second-order valence-corrected chi connectivity index (χ2v) is 5.37. The quantitative estimate of drug-likeness (QED) is 0.804. The zero-order valence-corrected chi connectivity index (χ0v) is 12.7. The second-order valence-electron chi connectivity index (χ2n) is 4.94. The van der Waals surface area contributed by atoms with Gasteiger partial charge in [0.25, 0.3) is 0 Å². The summed E-state index contributed by atoms with van der Waals surface area (Å²) in [6, 6.07) is 11.7. The molecule has 112 valence electrons. The smallest absolute Gasteiger partial charge is 0.123 e. The van der Waals surface area contributed by atoms with Crippen molar-refractivity contribution < 1.29 is 4.39 Å². The number of halogens is 2. The van der Waals surface area contributed by atoms with Crippen molar-refractivity contribution in [3.05, 3.63) is 64.6 Å². The molecule has 0 amide bonds. The van der Waals surface area contributed by atoms with Crippen LogP contribution >= 0.6 is 11.6 Å². The molecule has 1 aromatic heterocycles.